The van der Waals surface area contributed by atoms with Crippen LogP contribution in [0, 0.1) is 16.0 Å². The highest BCUT2D eigenvalue weighted by Crippen LogP contribution is 2.32. The molecule has 0 aliphatic carbocycles. The second-order valence-electron chi connectivity index (χ2n) is 7.47. The van der Waals surface area contributed by atoms with Gasteiger partial charge in [-0.15, -0.1) is 0 Å². The van der Waals surface area contributed by atoms with Gasteiger partial charge in [0.2, 0.25) is 0 Å². The van der Waals surface area contributed by atoms with Crippen LogP contribution < -0.4 is 10.2 Å². The molecule has 1 heterocycles. The third-order valence-corrected chi connectivity index (χ3v) is 5.40. The van der Waals surface area contributed by atoms with E-state index in [1.165, 1.54) is 13.2 Å². The summed E-state index contributed by atoms with van der Waals surface area (Å²) in [6, 6.07) is 12.1. The number of hydrogen-bond acceptors (Lipinski definition) is 6. The molecule has 0 radical (unpaired) electrons. The molecule has 0 bridgehead atoms. The van der Waals surface area contributed by atoms with Crippen LogP contribution in [-0.2, 0) is 9.53 Å². The maximum Gasteiger partial charge on any atom is 0.333 e. The maximum absolute atomic E-state index is 12.8. The number of nitrogens with one attached hydrogen (secondary N) is 1. The number of rotatable bonds is 6. The molecule has 0 spiro atoms. The molecule has 0 aromatic heterocycles. The zero-order chi connectivity index (χ0) is 21.7. The van der Waals surface area contributed by atoms with Gasteiger partial charge in [-0.25, -0.2) is 4.79 Å². The number of carbonyl (C=O) groups excluding carboxylic acids is 2. The van der Waals surface area contributed by atoms with Crippen molar-refractivity contribution in [3.05, 3.63) is 69.8 Å². The van der Waals surface area contributed by atoms with Crippen LogP contribution in [-0.4, -0.2) is 37.0 Å². The predicted octanol–water partition coefficient (Wildman–Crippen LogP) is 3.48. The van der Waals surface area contributed by atoms with Crippen molar-refractivity contribution in [1.82, 2.24) is 5.32 Å². The highest BCUT2D eigenvalue weighted by Gasteiger charge is 2.27. The third kappa shape index (κ3) is 4.76. The molecule has 3 rings (SSSR count). The maximum atomic E-state index is 12.8. The molecule has 158 valence electrons. The zero-order valence-corrected chi connectivity index (χ0v) is 17.0. The molecule has 1 atom stereocenters. The molecule has 1 unspecified atom stereocenters. The van der Waals surface area contributed by atoms with Gasteiger partial charge in [-0.3, -0.25) is 14.9 Å². The molecule has 2 aromatic rings. The van der Waals surface area contributed by atoms with Gasteiger partial charge >= 0.3 is 5.97 Å². The molecule has 30 heavy (non-hydrogen) atoms. The summed E-state index contributed by atoms with van der Waals surface area (Å²) >= 11 is 0. The van der Waals surface area contributed by atoms with Crippen molar-refractivity contribution in [3.8, 4) is 0 Å². The summed E-state index contributed by atoms with van der Waals surface area (Å²) in [6.45, 7) is 3.65. The fourth-order valence-corrected chi connectivity index (χ4v) is 3.58. The van der Waals surface area contributed by atoms with Crippen molar-refractivity contribution in [2.75, 3.05) is 25.1 Å². The van der Waals surface area contributed by atoms with Gasteiger partial charge in [-0.05, 0) is 36.5 Å². The smallest absolute Gasteiger partial charge is 0.333 e. The highest BCUT2D eigenvalue weighted by atomic mass is 16.6. The van der Waals surface area contributed by atoms with Gasteiger partial charge in [-0.2, -0.15) is 0 Å². The first-order chi connectivity index (χ1) is 14.4. The number of hydrogen-bond donors (Lipinski definition) is 1. The van der Waals surface area contributed by atoms with Crippen molar-refractivity contribution < 1.29 is 19.2 Å². The van der Waals surface area contributed by atoms with E-state index in [1.54, 1.807) is 42.5 Å². The fraction of sp³-hybridized carbons (Fsp3) is 0.364. The Morgan fingerprint density at radius 3 is 2.43 bits per heavy atom. The SMILES string of the molecule is COC(=O)C(NC(=O)c1ccc(N2CCC(C)CC2)c([N+](=O)[O-])c1)c1ccccc1. The Hall–Kier alpha value is -3.42. The van der Waals surface area contributed by atoms with E-state index in [0.717, 1.165) is 25.9 Å². The predicted molar refractivity (Wildman–Crippen MR) is 112 cm³/mol. The van der Waals surface area contributed by atoms with E-state index < -0.39 is 22.8 Å². The lowest BCUT2D eigenvalue weighted by atomic mass is 9.98. The van der Waals surface area contributed by atoms with Crippen LogP contribution in [0.3, 0.4) is 0 Å². The van der Waals surface area contributed by atoms with Gasteiger partial charge in [0.25, 0.3) is 11.6 Å². The van der Waals surface area contributed by atoms with Crippen LogP contribution >= 0.6 is 0 Å². The summed E-state index contributed by atoms with van der Waals surface area (Å²) < 4.78 is 4.80. The first kappa shape index (κ1) is 21.3. The van der Waals surface area contributed by atoms with Crippen LogP contribution in [0.4, 0.5) is 11.4 Å². The van der Waals surface area contributed by atoms with Crippen molar-refractivity contribution in [2.24, 2.45) is 5.92 Å². The van der Waals surface area contributed by atoms with Gasteiger partial charge in [0.15, 0.2) is 6.04 Å². The molecule has 0 saturated carbocycles. The number of benzene rings is 2. The molecular weight excluding hydrogens is 386 g/mol. The molecule has 1 aliphatic heterocycles. The van der Waals surface area contributed by atoms with E-state index in [4.69, 9.17) is 4.74 Å². The van der Waals surface area contributed by atoms with Crippen molar-refractivity contribution in [3.63, 3.8) is 0 Å². The Morgan fingerprint density at radius 1 is 1.17 bits per heavy atom. The number of ether oxygens (including phenoxy) is 1. The molecule has 1 amide bonds. The fourth-order valence-electron chi connectivity index (χ4n) is 3.58. The second kappa shape index (κ2) is 9.39. The highest BCUT2D eigenvalue weighted by molar-refractivity contribution is 5.98. The van der Waals surface area contributed by atoms with E-state index in [-0.39, 0.29) is 11.3 Å². The Balaban J connectivity index is 1.85. The molecule has 8 heteroatoms. The quantitative estimate of drug-likeness (QED) is 0.444. The first-order valence-electron chi connectivity index (χ1n) is 9.87. The average Bonchev–Trinajstić information content (AvgIpc) is 2.77. The lowest BCUT2D eigenvalue weighted by Gasteiger charge is -2.31. The number of anilines is 1. The summed E-state index contributed by atoms with van der Waals surface area (Å²) in [5.41, 5.74) is 1.06. The third-order valence-electron chi connectivity index (χ3n) is 5.40. The number of nitro benzene ring substituents is 1. The van der Waals surface area contributed by atoms with Crippen LogP contribution in [0.25, 0.3) is 0 Å². The van der Waals surface area contributed by atoms with Gasteiger partial charge in [0.1, 0.15) is 5.69 Å². The van der Waals surface area contributed by atoms with Crippen LogP contribution in [0.5, 0.6) is 0 Å². The Labute approximate surface area is 175 Å². The second-order valence-corrected chi connectivity index (χ2v) is 7.47. The van der Waals surface area contributed by atoms with Crippen molar-refractivity contribution in [2.45, 2.75) is 25.8 Å². The van der Waals surface area contributed by atoms with Gasteiger partial charge < -0.3 is 15.0 Å². The Kier molecular flexibility index (Phi) is 6.66. The Bertz CT molecular complexity index is 924. The molecule has 8 nitrogen and oxygen atoms in total. The van der Waals surface area contributed by atoms with E-state index in [1.807, 2.05) is 4.90 Å². The molecule has 1 aliphatic rings. The van der Waals surface area contributed by atoms with E-state index in [9.17, 15) is 19.7 Å². The molecule has 1 saturated heterocycles. The zero-order valence-electron chi connectivity index (χ0n) is 17.0. The lowest BCUT2D eigenvalue weighted by molar-refractivity contribution is -0.384. The number of piperidine rings is 1. The summed E-state index contributed by atoms with van der Waals surface area (Å²) in [7, 11) is 1.24. The van der Waals surface area contributed by atoms with Crippen LogP contribution in [0.2, 0.25) is 0 Å². The van der Waals surface area contributed by atoms with Crippen LogP contribution in [0.15, 0.2) is 48.5 Å². The standard InChI is InChI=1S/C22H25N3O5/c1-15-10-12-24(13-11-15)18-9-8-17(14-19(18)25(28)29)21(26)23-20(22(27)30-2)16-6-4-3-5-7-16/h3-9,14-15,20H,10-13H2,1-2H3,(H,23,26). The van der Waals surface area contributed by atoms with Crippen molar-refractivity contribution >= 4 is 23.3 Å². The topological polar surface area (TPSA) is 102 Å². The first-order valence-corrected chi connectivity index (χ1v) is 9.87. The summed E-state index contributed by atoms with van der Waals surface area (Å²) in [6.07, 6.45) is 1.94. The van der Waals surface area contributed by atoms with Gasteiger partial charge in [0, 0.05) is 24.7 Å². The number of nitrogens with zero attached hydrogens (tertiary/aromatic N) is 2. The normalized spacial score (nSPS) is 15.3. The molecule has 1 fully saturated rings. The minimum absolute atomic E-state index is 0.112. The largest absolute Gasteiger partial charge is 0.467 e. The Morgan fingerprint density at radius 2 is 1.83 bits per heavy atom. The molecule has 1 N–H and O–H groups in total. The lowest BCUT2D eigenvalue weighted by Crippen LogP contribution is -2.35. The van der Waals surface area contributed by atoms with E-state index in [0.29, 0.717) is 17.2 Å². The summed E-state index contributed by atoms with van der Waals surface area (Å²) in [5, 5.41) is 14.3. The minimum Gasteiger partial charge on any atom is -0.467 e. The number of carbonyl (C=O) groups is 2. The number of nitro groups is 1. The number of esters is 1. The van der Waals surface area contributed by atoms with E-state index >= 15 is 0 Å². The average molecular weight is 411 g/mol. The molecular formula is C22H25N3O5. The summed E-state index contributed by atoms with van der Waals surface area (Å²) in [4.78, 5) is 38.2. The number of methoxy groups -OCH3 is 1. The van der Waals surface area contributed by atoms with Crippen molar-refractivity contribution in [1.29, 1.82) is 0 Å². The van der Waals surface area contributed by atoms with Crippen LogP contribution in [0.1, 0.15) is 41.7 Å². The molecule has 2 aromatic carbocycles. The van der Waals surface area contributed by atoms with Gasteiger partial charge in [0.05, 0.1) is 12.0 Å². The van der Waals surface area contributed by atoms with E-state index in [2.05, 4.69) is 12.2 Å². The minimum atomic E-state index is -1.01. The monoisotopic (exact) mass is 411 g/mol. The number of amides is 1. The van der Waals surface area contributed by atoms with Gasteiger partial charge in [-0.1, -0.05) is 37.3 Å². The summed E-state index contributed by atoms with van der Waals surface area (Å²) in [5.74, 6) is -0.613.